The van der Waals surface area contributed by atoms with Crippen molar-refractivity contribution in [3.05, 3.63) is 24.3 Å². The molecule has 1 unspecified atom stereocenters. The van der Waals surface area contributed by atoms with Crippen molar-refractivity contribution in [3.8, 4) is 0 Å². The van der Waals surface area contributed by atoms with Gasteiger partial charge in [0.2, 0.25) is 0 Å². The summed E-state index contributed by atoms with van der Waals surface area (Å²) in [4.78, 5) is 8.58. The van der Waals surface area contributed by atoms with Crippen LogP contribution in [-0.2, 0) is 6.42 Å². The normalized spacial score (nSPS) is 13.1. The Morgan fingerprint density at radius 2 is 2.16 bits per heavy atom. The Kier molecular flexibility index (Phi) is 4.62. The monoisotopic (exact) mass is 263 g/mol. The van der Waals surface area contributed by atoms with E-state index >= 15 is 0 Å². The van der Waals surface area contributed by atoms with Crippen LogP contribution in [0, 0.1) is 0 Å². The van der Waals surface area contributed by atoms with E-state index in [0.717, 1.165) is 31.0 Å². The highest BCUT2D eigenvalue weighted by molar-refractivity contribution is 4.99. The summed E-state index contributed by atoms with van der Waals surface area (Å²) in [6.07, 6.45) is 4.95. The number of aromatic nitrogens is 6. The van der Waals surface area contributed by atoms with Gasteiger partial charge in [-0.1, -0.05) is 6.92 Å². The maximum absolute atomic E-state index is 4.34. The van der Waals surface area contributed by atoms with Gasteiger partial charge in [0.1, 0.15) is 24.3 Å². The van der Waals surface area contributed by atoms with Crippen LogP contribution in [0.15, 0.2) is 12.7 Å². The van der Waals surface area contributed by atoms with E-state index in [2.05, 4.69) is 51.4 Å². The number of H-pyrrole nitrogens is 1. The van der Waals surface area contributed by atoms with Gasteiger partial charge >= 0.3 is 0 Å². The van der Waals surface area contributed by atoms with Gasteiger partial charge in [0.15, 0.2) is 0 Å². The number of nitrogens with one attached hydrogen (secondary N) is 2. The highest BCUT2D eigenvalue weighted by Crippen LogP contribution is 2.15. The van der Waals surface area contributed by atoms with Gasteiger partial charge in [0, 0.05) is 12.5 Å². The lowest BCUT2D eigenvalue weighted by molar-refractivity contribution is 0.452. The molecule has 104 valence electrons. The summed E-state index contributed by atoms with van der Waals surface area (Å²) in [6.45, 7) is 7.27. The first-order chi connectivity index (χ1) is 9.22. The zero-order chi connectivity index (χ0) is 13.7. The van der Waals surface area contributed by atoms with Crippen molar-refractivity contribution in [1.29, 1.82) is 0 Å². The van der Waals surface area contributed by atoms with Crippen LogP contribution >= 0.6 is 0 Å². The lowest BCUT2D eigenvalue weighted by Crippen LogP contribution is -2.26. The van der Waals surface area contributed by atoms with Gasteiger partial charge in [-0.3, -0.25) is 5.10 Å². The van der Waals surface area contributed by atoms with Crippen molar-refractivity contribution in [2.45, 2.75) is 45.7 Å². The average Bonchev–Trinajstić information content (AvgIpc) is 3.04. The molecule has 0 aliphatic rings. The third kappa shape index (κ3) is 3.37. The van der Waals surface area contributed by atoms with Crippen LogP contribution < -0.4 is 5.32 Å². The average molecular weight is 263 g/mol. The van der Waals surface area contributed by atoms with Gasteiger partial charge in [-0.25, -0.2) is 14.6 Å². The summed E-state index contributed by atoms with van der Waals surface area (Å²) in [6, 6.07) is 0.392. The summed E-state index contributed by atoms with van der Waals surface area (Å²) in [7, 11) is 0. The zero-order valence-corrected chi connectivity index (χ0v) is 11.7. The van der Waals surface area contributed by atoms with Crippen molar-refractivity contribution >= 4 is 0 Å². The molecular weight excluding hydrogens is 242 g/mol. The number of hydrogen-bond acceptors (Lipinski definition) is 5. The zero-order valence-electron chi connectivity index (χ0n) is 11.7. The molecule has 0 bridgehead atoms. The summed E-state index contributed by atoms with van der Waals surface area (Å²) in [5, 5.41) is 14.6. The van der Waals surface area contributed by atoms with Gasteiger partial charge in [0.25, 0.3) is 0 Å². The summed E-state index contributed by atoms with van der Waals surface area (Å²) >= 11 is 0. The lowest BCUT2D eigenvalue weighted by Gasteiger charge is -2.17. The molecule has 0 saturated heterocycles. The van der Waals surface area contributed by atoms with Gasteiger partial charge < -0.3 is 5.32 Å². The first kappa shape index (κ1) is 13.7. The largest absolute Gasteiger partial charge is 0.307 e. The smallest absolute Gasteiger partial charge is 0.141 e. The molecule has 0 aromatic carbocycles. The second-order valence-electron chi connectivity index (χ2n) is 4.80. The summed E-state index contributed by atoms with van der Waals surface area (Å²) in [5.74, 6) is 1.80. The van der Waals surface area contributed by atoms with Gasteiger partial charge in [-0.15, -0.1) is 0 Å². The predicted octanol–water partition coefficient (Wildman–Crippen LogP) is 1.26. The highest BCUT2D eigenvalue weighted by atomic mass is 15.3. The van der Waals surface area contributed by atoms with Crippen LogP contribution in [0.5, 0.6) is 0 Å². The fraction of sp³-hybridized carbons (Fsp3) is 0.667. The molecule has 0 aliphatic carbocycles. The van der Waals surface area contributed by atoms with Crippen LogP contribution in [0.4, 0.5) is 0 Å². The molecule has 2 N–H and O–H groups in total. The molecule has 2 rings (SSSR count). The Bertz CT molecular complexity index is 474. The molecule has 1 atom stereocenters. The predicted molar refractivity (Wildman–Crippen MR) is 71.5 cm³/mol. The number of aromatic amines is 1. The van der Waals surface area contributed by atoms with Gasteiger partial charge in [0.05, 0.1) is 6.04 Å². The Morgan fingerprint density at radius 1 is 1.32 bits per heavy atom. The van der Waals surface area contributed by atoms with E-state index < -0.39 is 0 Å². The minimum absolute atomic E-state index is 0.0872. The van der Waals surface area contributed by atoms with Crippen molar-refractivity contribution in [3.63, 3.8) is 0 Å². The maximum Gasteiger partial charge on any atom is 0.141 e. The van der Waals surface area contributed by atoms with Crippen LogP contribution in [0.3, 0.4) is 0 Å². The van der Waals surface area contributed by atoms with Crippen LogP contribution in [0.25, 0.3) is 0 Å². The summed E-state index contributed by atoms with van der Waals surface area (Å²) in [5.41, 5.74) is 0. The van der Waals surface area contributed by atoms with Crippen LogP contribution in [-0.4, -0.2) is 36.5 Å². The standard InChI is InChI=1S/C12H21N7/c1-4-5-13-10(12-15-7-16-18-12)6-11-14-8-17-19(11)9(2)3/h7-10,13H,4-6H2,1-3H3,(H,15,16,18). The Hall–Kier alpha value is -1.76. The van der Waals surface area contributed by atoms with Crippen molar-refractivity contribution in [2.24, 2.45) is 0 Å². The second kappa shape index (κ2) is 6.42. The van der Waals surface area contributed by atoms with Gasteiger partial charge in [-0.05, 0) is 26.8 Å². The molecule has 2 heterocycles. The Labute approximate surface area is 112 Å². The van der Waals surface area contributed by atoms with Crippen molar-refractivity contribution in [1.82, 2.24) is 35.3 Å². The number of rotatable bonds is 7. The number of hydrogen-bond donors (Lipinski definition) is 2. The molecule has 2 aromatic heterocycles. The molecule has 2 aromatic rings. The Balaban J connectivity index is 2.13. The van der Waals surface area contributed by atoms with E-state index in [1.807, 2.05) is 4.68 Å². The molecule has 0 fully saturated rings. The van der Waals surface area contributed by atoms with E-state index in [1.54, 1.807) is 6.33 Å². The van der Waals surface area contributed by atoms with Crippen molar-refractivity contribution < 1.29 is 0 Å². The van der Waals surface area contributed by atoms with E-state index in [9.17, 15) is 0 Å². The van der Waals surface area contributed by atoms with Gasteiger partial charge in [-0.2, -0.15) is 10.2 Å². The molecular formula is C12H21N7. The molecule has 0 saturated carbocycles. The molecule has 0 amide bonds. The SMILES string of the molecule is CCCNC(Cc1ncnn1C(C)C)c1ncn[nH]1. The van der Waals surface area contributed by atoms with Crippen LogP contribution in [0.1, 0.15) is 50.9 Å². The fourth-order valence-electron chi connectivity index (χ4n) is 2.00. The van der Waals surface area contributed by atoms with Crippen molar-refractivity contribution in [2.75, 3.05) is 6.54 Å². The van der Waals surface area contributed by atoms with Crippen LogP contribution in [0.2, 0.25) is 0 Å². The third-order valence-corrected chi connectivity index (χ3v) is 2.93. The van der Waals surface area contributed by atoms with E-state index in [0.29, 0.717) is 6.04 Å². The Morgan fingerprint density at radius 3 is 2.79 bits per heavy atom. The maximum atomic E-state index is 4.34. The quantitative estimate of drug-likeness (QED) is 0.785. The lowest BCUT2D eigenvalue weighted by atomic mass is 10.1. The fourth-order valence-corrected chi connectivity index (χ4v) is 2.00. The molecule has 0 aliphatic heterocycles. The van der Waals surface area contributed by atoms with E-state index in [-0.39, 0.29) is 6.04 Å². The minimum atomic E-state index is 0.0872. The summed E-state index contributed by atoms with van der Waals surface area (Å²) < 4.78 is 1.94. The highest BCUT2D eigenvalue weighted by Gasteiger charge is 2.18. The molecule has 7 heteroatoms. The number of nitrogens with zero attached hydrogens (tertiary/aromatic N) is 5. The first-order valence-electron chi connectivity index (χ1n) is 6.69. The minimum Gasteiger partial charge on any atom is -0.307 e. The molecule has 0 radical (unpaired) electrons. The first-order valence-corrected chi connectivity index (χ1v) is 6.69. The molecule has 19 heavy (non-hydrogen) atoms. The second-order valence-corrected chi connectivity index (χ2v) is 4.80. The third-order valence-electron chi connectivity index (χ3n) is 2.93. The topological polar surface area (TPSA) is 84.3 Å². The van der Waals surface area contributed by atoms with E-state index in [1.165, 1.54) is 6.33 Å². The van der Waals surface area contributed by atoms with E-state index in [4.69, 9.17) is 0 Å². The molecule has 7 nitrogen and oxygen atoms in total. The molecule has 0 spiro atoms.